The third-order valence-electron chi connectivity index (χ3n) is 9.45. The number of nitrogens with zero attached hydrogens (tertiary/aromatic N) is 5. The van der Waals surface area contributed by atoms with Gasteiger partial charge in [-0.3, -0.25) is 0 Å². The van der Waals surface area contributed by atoms with Crippen LogP contribution in [-0.4, -0.2) is 19.9 Å². The van der Waals surface area contributed by atoms with Crippen molar-refractivity contribution >= 4 is 49.8 Å². The maximum Gasteiger partial charge on any atom is 0.450 e. The Morgan fingerprint density at radius 2 is 0.942 bits per heavy atom. The van der Waals surface area contributed by atoms with Crippen molar-refractivity contribution in [3.63, 3.8) is 0 Å². The van der Waals surface area contributed by atoms with Crippen LogP contribution in [0.2, 0.25) is 0 Å². The molecule has 0 radical (unpaired) electrons. The number of hydrogen-bond acceptors (Lipinski definition) is 6. The Bertz CT molecular complexity index is 2960. The van der Waals surface area contributed by atoms with Crippen LogP contribution in [0.25, 0.3) is 105 Å². The molecule has 0 fully saturated rings. The molecule has 0 atom stereocenters. The van der Waals surface area contributed by atoms with Crippen LogP contribution in [0.15, 0.2) is 160 Å². The van der Waals surface area contributed by atoms with E-state index in [4.69, 9.17) is 30.4 Å². The summed E-state index contributed by atoms with van der Waals surface area (Å²) in [5.41, 5.74) is 9.43. The number of fused-ring (bicyclic) bond motifs is 6. The summed E-state index contributed by atoms with van der Waals surface area (Å²) in [6.45, 7) is 7.53. The van der Waals surface area contributed by atoms with Gasteiger partial charge in [-0.25, -0.2) is 15.0 Å². The molecule has 7 nitrogen and oxygen atoms in total. The van der Waals surface area contributed by atoms with Gasteiger partial charge in [0.1, 0.15) is 11.2 Å². The van der Waals surface area contributed by atoms with Crippen molar-refractivity contribution in [3.8, 4) is 56.4 Å². The predicted molar refractivity (Wildman–Crippen MR) is 206 cm³/mol. The second kappa shape index (κ2) is 11.9. The van der Waals surface area contributed by atoms with Gasteiger partial charge in [0.25, 0.3) is 0 Å². The second-order valence-corrected chi connectivity index (χ2v) is 12.5. The number of para-hydroxylation sites is 1. The second-order valence-electron chi connectivity index (χ2n) is 12.5. The minimum Gasteiger partial charge on any atom is -0.460 e. The van der Waals surface area contributed by atoms with E-state index in [0.717, 1.165) is 66.1 Å². The molecule has 0 aliphatic rings. The topological polar surface area (TPSA) is 82.2 Å². The molecule has 10 rings (SSSR count). The fourth-order valence-electron chi connectivity index (χ4n) is 7.03. The molecule has 3 heterocycles. The number of aromatic nitrogens is 4. The molecular formula is C45H25N5O2. The zero-order valence-electron chi connectivity index (χ0n) is 27.5. The number of oxazole rings is 1. The van der Waals surface area contributed by atoms with Crippen molar-refractivity contribution < 1.29 is 8.83 Å². The molecule has 52 heavy (non-hydrogen) atoms. The fraction of sp³-hybridized carbons (Fsp3) is 0. The summed E-state index contributed by atoms with van der Waals surface area (Å²) in [5.74, 6) is 1.87. The highest BCUT2D eigenvalue weighted by Crippen LogP contribution is 2.45. The highest BCUT2D eigenvalue weighted by atomic mass is 16.4. The third kappa shape index (κ3) is 4.82. The van der Waals surface area contributed by atoms with Crippen molar-refractivity contribution in [1.29, 1.82) is 0 Å². The molecule has 10 aromatic rings. The number of rotatable bonds is 5. The highest BCUT2D eigenvalue weighted by molar-refractivity contribution is 6.22. The molecule has 0 aliphatic carbocycles. The van der Waals surface area contributed by atoms with Crippen molar-refractivity contribution in [2.45, 2.75) is 0 Å². The Kier molecular flexibility index (Phi) is 6.73. The van der Waals surface area contributed by atoms with E-state index in [-0.39, 0.29) is 6.01 Å². The molecule has 0 saturated heterocycles. The molecule has 7 aromatic carbocycles. The smallest absolute Gasteiger partial charge is 0.450 e. The lowest BCUT2D eigenvalue weighted by molar-refractivity contribution is 0.634. The number of benzene rings is 7. The molecule has 0 aliphatic heterocycles. The first-order chi connectivity index (χ1) is 25.7. The average Bonchev–Trinajstić information content (AvgIpc) is 3.82. The molecule has 0 amide bonds. The van der Waals surface area contributed by atoms with Gasteiger partial charge in [0.2, 0.25) is 0 Å². The van der Waals surface area contributed by atoms with Crippen LogP contribution >= 0.6 is 0 Å². The van der Waals surface area contributed by atoms with Crippen LogP contribution in [0.5, 0.6) is 0 Å². The maximum absolute atomic E-state index is 7.53. The summed E-state index contributed by atoms with van der Waals surface area (Å²) >= 11 is 0. The summed E-state index contributed by atoms with van der Waals surface area (Å²) in [6, 6.07) is 50.9. The van der Waals surface area contributed by atoms with E-state index in [2.05, 4.69) is 70.5 Å². The van der Waals surface area contributed by atoms with Gasteiger partial charge >= 0.3 is 6.01 Å². The largest absolute Gasteiger partial charge is 0.460 e. The van der Waals surface area contributed by atoms with Crippen molar-refractivity contribution in [1.82, 2.24) is 19.9 Å². The third-order valence-corrected chi connectivity index (χ3v) is 9.45. The van der Waals surface area contributed by atoms with E-state index >= 15 is 0 Å². The van der Waals surface area contributed by atoms with Crippen LogP contribution in [0.1, 0.15) is 0 Å². The van der Waals surface area contributed by atoms with Crippen LogP contribution in [-0.2, 0) is 0 Å². The molecule has 3 aromatic heterocycles. The van der Waals surface area contributed by atoms with Gasteiger partial charge in [-0.05, 0) is 33.5 Å². The van der Waals surface area contributed by atoms with Crippen molar-refractivity contribution in [3.05, 3.63) is 163 Å². The molecule has 0 bridgehead atoms. The maximum atomic E-state index is 7.53. The van der Waals surface area contributed by atoms with Gasteiger partial charge in [0.05, 0.1) is 5.39 Å². The highest BCUT2D eigenvalue weighted by Gasteiger charge is 2.23. The number of furan rings is 1. The Hall–Kier alpha value is -7.43. The first-order valence-corrected chi connectivity index (χ1v) is 16.8. The van der Waals surface area contributed by atoms with Gasteiger partial charge in [0.15, 0.2) is 28.6 Å². The minimum absolute atomic E-state index is 0.00660. The van der Waals surface area contributed by atoms with E-state index < -0.39 is 0 Å². The molecular weight excluding hydrogens is 643 g/mol. The lowest BCUT2D eigenvalue weighted by atomic mass is 9.91. The first-order valence-electron chi connectivity index (χ1n) is 16.8. The fourth-order valence-corrected chi connectivity index (χ4v) is 7.03. The van der Waals surface area contributed by atoms with Crippen LogP contribution < -0.4 is 0 Å². The van der Waals surface area contributed by atoms with E-state index in [0.29, 0.717) is 34.2 Å². The molecule has 0 N–H and O–H groups in total. The molecule has 7 heteroatoms. The minimum atomic E-state index is 0.00660. The Morgan fingerprint density at radius 1 is 0.423 bits per heavy atom. The van der Waals surface area contributed by atoms with E-state index in [1.54, 1.807) is 0 Å². The number of hydrogen-bond donors (Lipinski definition) is 0. The predicted octanol–water partition coefficient (Wildman–Crippen LogP) is 12.0. The normalized spacial score (nSPS) is 11.4. The zero-order chi connectivity index (χ0) is 34.6. The quantitative estimate of drug-likeness (QED) is 0.170. The Labute approximate surface area is 297 Å². The summed E-state index contributed by atoms with van der Waals surface area (Å²) in [7, 11) is 0. The van der Waals surface area contributed by atoms with Gasteiger partial charge < -0.3 is 13.7 Å². The van der Waals surface area contributed by atoms with Crippen LogP contribution in [0.3, 0.4) is 0 Å². The zero-order valence-corrected chi connectivity index (χ0v) is 27.5. The molecule has 0 spiro atoms. The summed E-state index contributed by atoms with van der Waals surface area (Å²) in [5, 5.41) is 3.90. The molecule has 242 valence electrons. The van der Waals surface area contributed by atoms with Gasteiger partial charge in [0, 0.05) is 33.7 Å². The van der Waals surface area contributed by atoms with Crippen molar-refractivity contribution in [2.24, 2.45) is 0 Å². The lowest BCUT2D eigenvalue weighted by Gasteiger charge is -2.13. The monoisotopic (exact) mass is 667 g/mol. The Balaban J connectivity index is 1.10. The summed E-state index contributed by atoms with van der Waals surface area (Å²) in [6.07, 6.45) is 0. The standard InChI is InChI=1S/C45H25N5O2/c1-46-45-47-37-26-36(40-39(41(37)52-45)35-18-10-11-19-38(35)51-40)34-25-24-31(32-16-8-9-17-33(32)34)27-20-22-30(23-21-27)44-49-42(28-12-4-2-5-13-28)48-43(50-44)29-14-6-3-7-15-29/h2-26H. The summed E-state index contributed by atoms with van der Waals surface area (Å²) in [4.78, 5) is 22.6. The SMILES string of the molecule is [C-]#[N+]c1nc2cc(-c3ccc(-c4ccc(-c5nc(-c6ccccc6)nc(-c6ccccc6)n5)cc4)c4ccccc34)c3oc4ccccc4c3c2o1. The first kappa shape index (κ1) is 29.5. The summed E-state index contributed by atoms with van der Waals surface area (Å²) < 4.78 is 12.4. The van der Waals surface area contributed by atoms with Gasteiger partial charge in [-0.1, -0.05) is 151 Å². The molecule has 0 unspecified atom stereocenters. The lowest BCUT2D eigenvalue weighted by Crippen LogP contribution is -2.00. The van der Waals surface area contributed by atoms with Gasteiger partial charge in [-0.2, -0.15) is 0 Å². The van der Waals surface area contributed by atoms with E-state index in [1.165, 1.54) is 0 Å². The van der Waals surface area contributed by atoms with Crippen LogP contribution in [0, 0.1) is 6.57 Å². The average molecular weight is 668 g/mol. The van der Waals surface area contributed by atoms with Gasteiger partial charge in [-0.15, -0.1) is 0 Å². The van der Waals surface area contributed by atoms with Crippen molar-refractivity contribution in [2.75, 3.05) is 0 Å². The van der Waals surface area contributed by atoms with Crippen LogP contribution in [0.4, 0.5) is 6.01 Å². The Morgan fingerprint density at radius 3 is 1.58 bits per heavy atom. The van der Waals surface area contributed by atoms with E-state index in [1.807, 2.05) is 91.0 Å². The molecule has 0 saturated carbocycles. The van der Waals surface area contributed by atoms with E-state index in [9.17, 15) is 0 Å².